The Morgan fingerprint density at radius 1 is 0.385 bits per heavy atom. The van der Waals surface area contributed by atoms with Gasteiger partial charge in [0.25, 0.3) is 0 Å². The molecule has 2 fully saturated rings. The predicted octanol–water partition coefficient (Wildman–Crippen LogP) is 9.72. The topological polar surface area (TPSA) is 9.86 Å². The maximum atomic E-state index is 2.64. The molecule has 7 aliphatic rings. The maximum Gasteiger partial charge on any atom is 0.0491 e. The van der Waals surface area contributed by atoms with Crippen LogP contribution in [0.2, 0.25) is 0 Å². The van der Waals surface area contributed by atoms with E-state index in [4.69, 9.17) is 0 Å². The Kier molecular flexibility index (Phi) is 4.14. The van der Waals surface area contributed by atoms with Crippen LogP contribution in [0.3, 0.4) is 0 Å². The Morgan fingerprint density at radius 3 is 0.974 bits per heavy atom. The van der Waals surface area contributed by atoms with Gasteiger partial charge in [-0.15, -0.1) is 0 Å². The van der Waals surface area contributed by atoms with Crippen molar-refractivity contribution >= 4 is 43.6 Å². The number of rotatable bonds is 0. The smallest absolute Gasteiger partial charge is 0.0491 e. The molecule has 2 aromatic heterocycles. The van der Waals surface area contributed by atoms with Crippen molar-refractivity contribution in [1.29, 1.82) is 0 Å². The lowest BCUT2D eigenvalue weighted by atomic mass is 9.66. The molecule has 6 heterocycles. The molecular formula is C37H34N2. The Hall–Kier alpha value is -3.52. The highest BCUT2D eigenvalue weighted by Crippen LogP contribution is 2.53. The Morgan fingerprint density at radius 2 is 0.692 bits per heavy atom. The molecule has 0 radical (unpaired) electrons. The quantitative estimate of drug-likeness (QED) is 0.194. The van der Waals surface area contributed by atoms with Gasteiger partial charge in [-0.25, -0.2) is 0 Å². The maximum absolute atomic E-state index is 2.64. The molecule has 39 heavy (non-hydrogen) atoms. The van der Waals surface area contributed by atoms with Gasteiger partial charge >= 0.3 is 0 Å². The van der Waals surface area contributed by atoms with Gasteiger partial charge in [0.05, 0.1) is 0 Å². The van der Waals surface area contributed by atoms with Crippen LogP contribution in [0.5, 0.6) is 0 Å². The summed E-state index contributed by atoms with van der Waals surface area (Å²) in [6.45, 7) is 2.21. The second-order valence-corrected chi connectivity index (χ2v) is 13.1. The van der Waals surface area contributed by atoms with Crippen LogP contribution in [0.25, 0.3) is 43.6 Å². The lowest BCUT2D eigenvalue weighted by molar-refractivity contribution is 0.347. The van der Waals surface area contributed by atoms with E-state index in [0.29, 0.717) is 23.7 Å². The van der Waals surface area contributed by atoms with Crippen LogP contribution in [0, 0.1) is 0 Å². The summed E-state index contributed by atoms with van der Waals surface area (Å²) in [5.41, 5.74) is 11.9. The number of aromatic nitrogens is 2. The first-order chi connectivity index (χ1) is 19.3. The molecule has 3 aliphatic carbocycles. The monoisotopic (exact) mass is 506 g/mol. The number of benzene rings is 4. The third-order valence-corrected chi connectivity index (χ3v) is 11.4. The summed E-state index contributed by atoms with van der Waals surface area (Å²) < 4.78 is 5.28. The standard InChI is InChI=1S/C37H34N2/c1-2-16-38-34-12-4-22-18-30(34)31-19-23(5-13-35(31)38)27-9-11-29(27)25-7-15-37-33(21-25)32-20-24(28-10-8-26(22)28)6-14-36(32)39(37)17-3-1/h4-7,12-15,18-21,26-29H,1-3,8-11,16-17H2/t26-,27+,28+,29-. The highest BCUT2D eigenvalue weighted by molar-refractivity contribution is 6.09. The number of nitrogens with zero attached hydrogens (tertiary/aromatic N) is 2. The fourth-order valence-corrected chi connectivity index (χ4v) is 9.00. The van der Waals surface area contributed by atoms with Gasteiger partial charge in [0.15, 0.2) is 0 Å². The Labute approximate surface area is 229 Å². The first-order valence-corrected chi connectivity index (χ1v) is 15.4. The molecule has 192 valence electrons. The van der Waals surface area contributed by atoms with E-state index in [1.54, 1.807) is 22.3 Å². The van der Waals surface area contributed by atoms with Gasteiger partial charge in [-0.2, -0.15) is 0 Å². The first kappa shape index (κ1) is 21.3. The molecule has 2 saturated carbocycles. The number of hydrogen-bond donors (Lipinski definition) is 0. The molecule has 2 nitrogen and oxygen atoms in total. The van der Waals surface area contributed by atoms with Crippen LogP contribution < -0.4 is 0 Å². The van der Waals surface area contributed by atoms with Gasteiger partial charge in [0.1, 0.15) is 0 Å². The summed E-state index contributed by atoms with van der Waals surface area (Å²) in [5.74, 6) is 2.49. The van der Waals surface area contributed by atoms with E-state index in [-0.39, 0.29) is 0 Å². The summed E-state index contributed by atoms with van der Waals surface area (Å²) in [4.78, 5) is 0. The molecule has 2 heteroatoms. The molecule has 0 spiro atoms. The van der Waals surface area contributed by atoms with Gasteiger partial charge in [-0.3, -0.25) is 0 Å². The fourth-order valence-electron chi connectivity index (χ4n) is 9.00. The van der Waals surface area contributed by atoms with Gasteiger partial charge < -0.3 is 9.13 Å². The van der Waals surface area contributed by atoms with Crippen molar-refractivity contribution in [2.24, 2.45) is 0 Å². The molecular weight excluding hydrogens is 472 g/mol. The molecule has 0 amide bonds. The largest absolute Gasteiger partial charge is 0.340 e. The minimum Gasteiger partial charge on any atom is -0.340 e. The number of aryl methyl sites for hydroxylation is 2. The third kappa shape index (κ3) is 2.78. The van der Waals surface area contributed by atoms with Crippen LogP contribution in [0.1, 0.15) is 90.9 Å². The summed E-state index contributed by atoms with van der Waals surface area (Å²) in [5, 5.41) is 5.93. The lowest BCUT2D eigenvalue weighted by Crippen LogP contribution is -2.22. The Bertz CT molecular complexity index is 1710. The average molecular weight is 507 g/mol. The second kappa shape index (κ2) is 7.56. The van der Waals surface area contributed by atoms with Crippen molar-refractivity contribution < 1.29 is 0 Å². The zero-order valence-electron chi connectivity index (χ0n) is 22.5. The SMILES string of the molecule is c1cc2c3cc1[C@H]1CC[C@H]1c1ccc4c(c1)c1cc5ccc1n4CCCCCn2c1ccc(cc31)[C@@H]1CC[C@H]51. The van der Waals surface area contributed by atoms with Crippen molar-refractivity contribution in [2.75, 3.05) is 0 Å². The second-order valence-electron chi connectivity index (χ2n) is 13.1. The third-order valence-electron chi connectivity index (χ3n) is 11.4. The lowest BCUT2D eigenvalue weighted by Gasteiger charge is -2.38. The summed E-state index contributed by atoms with van der Waals surface area (Å²) in [7, 11) is 0. The van der Waals surface area contributed by atoms with Crippen LogP contribution in [-0.2, 0) is 13.1 Å². The van der Waals surface area contributed by atoms with Gasteiger partial charge in [0, 0.05) is 56.7 Å². The normalized spacial score (nSPS) is 25.5. The van der Waals surface area contributed by atoms with Crippen LogP contribution in [0.4, 0.5) is 0 Å². The molecule has 0 saturated heterocycles. The van der Waals surface area contributed by atoms with Crippen molar-refractivity contribution in [3.8, 4) is 0 Å². The van der Waals surface area contributed by atoms with E-state index in [9.17, 15) is 0 Å². The van der Waals surface area contributed by atoms with Crippen LogP contribution >= 0.6 is 0 Å². The molecule has 4 atom stereocenters. The summed E-state index contributed by atoms with van der Waals surface area (Å²) in [6, 6.07) is 30.1. The van der Waals surface area contributed by atoms with E-state index in [0.717, 1.165) is 13.1 Å². The fraction of sp³-hybridized carbons (Fsp3) is 0.351. The zero-order chi connectivity index (χ0) is 25.2. The molecule has 6 aromatic rings. The minimum absolute atomic E-state index is 0.622. The molecule has 0 unspecified atom stereocenters. The highest BCUT2D eigenvalue weighted by Gasteiger charge is 2.36. The van der Waals surface area contributed by atoms with Gasteiger partial charge in [-0.1, -0.05) is 24.3 Å². The van der Waals surface area contributed by atoms with E-state index in [2.05, 4.69) is 81.9 Å². The van der Waals surface area contributed by atoms with Crippen molar-refractivity contribution in [3.63, 3.8) is 0 Å². The van der Waals surface area contributed by atoms with Crippen molar-refractivity contribution in [1.82, 2.24) is 9.13 Å². The number of hydrogen-bond acceptors (Lipinski definition) is 0. The molecule has 14 bridgehead atoms. The molecule has 0 N–H and O–H groups in total. The van der Waals surface area contributed by atoms with E-state index >= 15 is 0 Å². The summed E-state index contributed by atoms with van der Waals surface area (Å²) >= 11 is 0. The first-order valence-electron chi connectivity index (χ1n) is 15.4. The van der Waals surface area contributed by atoms with Crippen LogP contribution in [0.15, 0.2) is 72.8 Å². The summed E-state index contributed by atoms with van der Waals surface area (Å²) in [6.07, 6.45) is 8.90. The molecule has 13 rings (SSSR count). The zero-order valence-corrected chi connectivity index (χ0v) is 22.5. The van der Waals surface area contributed by atoms with E-state index in [1.165, 1.54) is 88.6 Å². The Balaban J connectivity index is 1.34. The predicted molar refractivity (Wildman–Crippen MR) is 162 cm³/mol. The van der Waals surface area contributed by atoms with E-state index < -0.39 is 0 Å². The number of fused-ring (bicyclic) bond motifs is 2. The molecule has 4 aromatic carbocycles. The minimum atomic E-state index is 0.622. The van der Waals surface area contributed by atoms with Gasteiger partial charge in [-0.05, 0) is 139 Å². The molecule has 4 aliphatic heterocycles. The van der Waals surface area contributed by atoms with E-state index in [1.807, 2.05) is 0 Å². The average Bonchev–Trinajstić information content (AvgIpc) is 3.38. The van der Waals surface area contributed by atoms with Crippen molar-refractivity contribution in [3.05, 3.63) is 95.1 Å². The van der Waals surface area contributed by atoms with Gasteiger partial charge in [0.2, 0.25) is 0 Å². The van der Waals surface area contributed by atoms with Crippen LogP contribution in [-0.4, -0.2) is 9.13 Å². The highest BCUT2D eigenvalue weighted by atomic mass is 15.0. The van der Waals surface area contributed by atoms with Crippen molar-refractivity contribution in [2.45, 2.75) is 81.7 Å².